The molecule has 0 atom stereocenters. The predicted octanol–water partition coefficient (Wildman–Crippen LogP) is 2.05. The topological polar surface area (TPSA) is 49.4 Å². The average molecular weight is 294 g/mol. The standard InChI is InChI=1S/C15H16F2N2O2/c1-3-4-18-7-9(2)8-19-12-6-10(16)5-11(17)13(12)14(20)15(19)21/h5-6,18H,2-4,7-8H2,1H3. The Morgan fingerprint density at radius 3 is 2.71 bits per heavy atom. The van der Waals surface area contributed by atoms with E-state index in [0.29, 0.717) is 18.2 Å². The number of fused-ring (bicyclic) bond motifs is 1. The Morgan fingerprint density at radius 2 is 2.05 bits per heavy atom. The summed E-state index contributed by atoms with van der Waals surface area (Å²) >= 11 is 0. The van der Waals surface area contributed by atoms with Crippen LogP contribution in [0.15, 0.2) is 24.3 Å². The molecular weight excluding hydrogens is 278 g/mol. The number of nitrogens with zero attached hydrogens (tertiary/aromatic N) is 1. The molecule has 1 aliphatic heterocycles. The Hall–Kier alpha value is -2.08. The van der Waals surface area contributed by atoms with E-state index in [1.54, 1.807) is 0 Å². The van der Waals surface area contributed by atoms with Crippen molar-refractivity contribution in [2.75, 3.05) is 24.5 Å². The quantitative estimate of drug-likeness (QED) is 0.496. The van der Waals surface area contributed by atoms with Crippen LogP contribution < -0.4 is 10.2 Å². The first-order valence-electron chi connectivity index (χ1n) is 6.68. The second kappa shape index (κ2) is 6.13. The molecule has 1 N–H and O–H groups in total. The molecule has 0 aromatic heterocycles. The van der Waals surface area contributed by atoms with Crippen molar-refractivity contribution in [1.82, 2.24) is 5.32 Å². The minimum atomic E-state index is -1.01. The highest BCUT2D eigenvalue weighted by Gasteiger charge is 2.38. The number of carbonyl (C=O) groups is 2. The van der Waals surface area contributed by atoms with Gasteiger partial charge in [0.1, 0.15) is 11.6 Å². The lowest BCUT2D eigenvalue weighted by Gasteiger charge is -2.18. The van der Waals surface area contributed by atoms with E-state index in [-0.39, 0.29) is 17.8 Å². The van der Waals surface area contributed by atoms with Crippen LogP contribution in [0.3, 0.4) is 0 Å². The van der Waals surface area contributed by atoms with Gasteiger partial charge in [0.15, 0.2) is 0 Å². The highest BCUT2D eigenvalue weighted by Crippen LogP contribution is 2.32. The first kappa shape index (κ1) is 15.3. The highest BCUT2D eigenvalue weighted by atomic mass is 19.1. The van der Waals surface area contributed by atoms with E-state index in [9.17, 15) is 18.4 Å². The van der Waals surface area contributed by atoms with E-state index in [2.05, 4.69) is 11.9 Å². The Labute approximate surface area is 121 Å². The lowest BCUT2D eigenvalue weighted by molar-refractivity contribution is -0.114. The largest absolute Gasteiger partial charge is 0.313 e. The number of ketones is 1. The molecule has 0 aliphatic carbocycles. The van der Waals surface area contributed by atoms with Gasteiger partial charge in [-0.3, -0.25) is 9.59 Å². The zero-order valence-corrected chi connectivity index (χ0v) is 11.7. The molecule has 0 saturated carbocycles. The lowest BCUT2D eigenvalue weighted by atomic mass is 10.1. The van der Waals surface area contributed by atoms with E-state index in [0.717, 1.165) is 23.9 Å². The average Bonchev–Trinajstić information content (AvgIpc) is 2.64. The van der Waals surface area contributed by atoms with Crippen LogP contribution in [0.4, 0.5) is 14.5 Å². The van der Waals surface area contributed by atoms with Crippen LogP contribution in [0.1, 0.15) is 23.7 Å². The summed E-state index contributed by atoms with van der Waals surface area (Å²) in [6.45, 7) is 7.15. The third kappa shape index (κ3) is 3.00. The van der Waals surface area contributed by atoms with Gasteiger partial charge in [-0.1, -0.05) is 13.5 Å². The summed E-state index contributed by atoms with van der Waals surface area (Å²) in [6, 6.07) is 1.60. The fraction of sp³-hybridized carbons (Fsp3) is 0.333. The Morgan fingerprint density at radius 1 is 1.33 bits per heavy atom. The number of amides is 1. The molecule has 0 bridgehead atoms. The van der Waals surface area contributed by atoms with Gasteiger partial charge in [0.05, 0.1) is 11.3 Å². The maximum absolute atomic E-state index is 13.7. The van der Waals surface area contributed by atoms with Gasteiger partial charge < -0.3 is 10.2 Å². The van der Waals surface area contributed by atoms with Crippen molar-refractivity contribution < 1.29 is 18.4 Å². The maximum Gasteiger partial charge on any atom is 0.299 e. The summed E-state index contributed by atoms with van der Waals surface area (Å²) in [7, 11) is 0. The molecule has 0 radical (unpaired) electrons. The summed E-state index contributed by atoms with van der Waals surface area (Å²) in [6.07, 6.45) is 0.952. The molecule has 0 saturated heterocycles. The summed E-state index contributed by atoms with van der Waals surface area (Å²) < 4.78 is 27.0. The number of Topliss-reactive ketones (excluding diaryl/α,β-unsaturated/α-hetero) is 1. The zero-order valence-electron chi connectivity index (χ0n) is 11.7. The van der Waals surface area contributed by atoms with Crippen LogP contribution in [-0.4, -0.2) is 31.3 Å². The Bertz CT molecular complexity index is 614. The fourth-order valence-electron chi connectivity index (χ4n) is 2.22. The van der Waals surface area contributed by atoms with Gasteiger partial charge in [-0.15, -0.1) is 0 Å². The van der Waals surface area contributed by atoms with E-state index < -0.39 is 23.3 Å². The lowest BCUT2D eigenvalue weighted by Crippen LogP contribution is -2.33. The number of benzene rings is 1. The molecule has 6 heteroatoms. The number of hydrogen-bond acceptors (Lipinski definition) is 3. The van der Waals surface area contributed by atoms with Gasteiger partial charge in [-0.2, -0.15) is 0 Å². The minimum Gasteiger partial charge on any atom is -0.313 e. The number of hydrogen-bond donors (Lipinski definition) is 1. The number of carbonyl (C=O) groups excluding carboxylic acids is 2. The van der Waals surface area contributed by atoms with Crippen molar-refractivity contribution in [1.29, 1.82) is 0 Å². The predicted molar refractivity (Wildman–Crippen MR) is 75.3 cm³/mol. The summed E-state index contributed by atoms with van der Waals surface area (Å²) in [4.78, 5) is 24.8. The Kier molecular flexibility index (Phi) is 4.47. The second-order valence-corrected chi connectivity index (χ2v) is 4.93. The van der Waals surface area contributed by atoms with E-state index in [1.165, 1.54) is 0 Å². The highest BCUT2D eigenvalue weighted by molar-refractivity contribution is 6.52. The van der Waals surface area contributed by atoms with Crippen LogP contribution in [0.25, 0.3) is 0 Å². The smallest absolute Gasteiger partial charge is 0.299 e. The van der Waals surface area contributed by atoms with E-state index in [4.69, 9.17) is 0 Å². The number of anilines is 1. The summed E-state index contributed by atoms with van der Waals surface area (Å²) in [5.74, 6) is -3.64. The van der Waals surface area contributed by atoms with Gasteiger partial charge in [0, 0.05) is 19.2 Å². The molecule has 21 heavy (non-hydrogen) atoms. The third-order valence-corrected chi connectivity index (χ3v) is 3.17. The van der Waals surface area contributed by atoms with Crippen molar-refractivity contribution in [3.05, 3.63) is 41.5 Å². The molecule has 2 rings (SSSR count). The van der Waals surface area contributed by atoms with Crippen molar-refractivity contribution in [3.63, 3.8) is 0 Å². The Balaban J connectivity index is 2.21. The first-order valence-corrected chi connectivity index (χ1v) is 6.68. The molecule has 1 aromatic rings. The first-order chi connectivity index (χ1) is 9.95. The molecule has 1 aromatic carbocycles. The van der Waals surface area contributed by atoms with Crippen molar-refractivity contribution in [2.24, 2.45) is 0 Å². The fourth-order valence-corrected chi connectivity index (χ4v) is 2.22. The molecule has 4 nitrogen and oxygen atoms in total. The van der Waals surface area contributed by atoms with Crippen LogP contribution in [-0.2, 0) is 4.79 Å². The number of halogens is 2. The van der Waals surface area contributed by atoms with Crippen molar-refractivity contribution in [3.8, 4) is 0 Å². The summed E-state index contributed by atoms with van der Waals surface area (Å²) in [5, 5.41) is 3.11. The molecular formula is C15H16F2N2O2. The zero-order chi connectivity index (χ0) is 15.6. The second-order valence-electron chi connectivity index (χ2n) is 4.93. The molecule has 0 fully saturated rings. The monoisotopic (exact) mass is 294 g/mol. The maximum atomic E-state index is 13.7. The van der Waals surface area contributed by atoms with E-state index in [1.807, 2.05) is 6.92 Å². The van der Waals surface area contributed by atoms with Gasteiger partial charge >= 0.3 is 0 Å². The van der Waals surface area contributed by atoms with Crippen molar-refractivity contribution >= 4 is 17.4 Å². The van der Waals surface area contributed by atoms with Gasteiger partial charge in [0.25, 0.3) is 11.7 Å². The molecule has 0 spiro atoms. The van der Waals surface area contributed by atoms with Crippen LogP contribution >= 0.6 is 0 Å². The van der Waals surface area contributed by atoms with Crippen molar-refractivity contribution in [2.45, 2.75) is 13.3 Å². The number of rotatable bonds is 6. The van der Waals surface area contributed by atoms with E-state index >= 15 is 0 Å². The summed E-state index contributed by atoms with van der Waals surface area (Å²) in [5.41, 5.74) is 0.261. The SMILES string of the molecule is C=C(CNCCC)CN1C(=O)C(=O)c2c(F)cc(F)cc21. The van der Waals surface area contributed by atoms with Gasteiger partial charge in [-0.05, 0) is 24.6 Å². The number of nitrogens with one attached hydrogen (secondary N) is 1. The molecule has 112 valence electrons. The third-order valence-electron chi connectivity index (χ3n) is 3.17. The van der Waals surface area contributed by atoms with Crippen LogP contribution in [0.2, 0.25) is 0 Å². The molecule has 0 unspecified atom stereocenters. The normalized spacial score (nSPS) is 13.8. The molecule has 1 amide bonds. The van der Waals surface area contributed by atoms with Gasteiger partial charge in [-0.25, -0.2) is 8.78 Å². The molecule has 1 heterocycles. The molecule has 1 aliphatic rings. The van der Waals surface area contributed by atoms with Crippen LogP contribution in [0, 0.1) is 11.6 Å². The minimum absolute atomic E-state index is 0.0286. The van der Waals surface area contributed by atoms with Gasteiger partial charge in [0.2, 0.25) is 0 Å². The van der Waals surface area contributed by atoms with Crippen LogP contribution in [0.5, 0.6) is 0 Å².